The van der Waals surface area contributed by atoms with Gasteiger partial charge < -0.3 is 5.32 Å². The second-order valence-electron chi connectivity index (χ2n) is 9.06. The van der Waals surface area contributed by atoms with Gasteiger partial charge in [-0.3, -0.25) is 24.2 Å². The summed E-state index contributed by atoms with van der Waals surface area (Å²) >= 11 is 6.43. The minimum atomic E-state index is -3.23. The Morgan fingerprint density at radius 1 is 1.11 bits per heavy atom. The van der Waals surface area contributed by atoms with Crippen LogP contribution in [0.4, 0.5) is 11.4 Å². The van der Waals surface area contributed by atoms with Gasteiger partial charge in [0, 0.05) is 11.3 Å². The van der Waals surface area contributed by atoms with Crippen molar-refractivity contribution in [3.8, 4) is 0 Å². The summed E-state index contributed by atoms with van der Waals surface area (Å²) in [5, 5.41) is 2.83. The number of carbonyl (C=O) groups excluding carboxylic acids is 3. The van der Waals surface area contributed by atoms with Crippen LogP contribution in [0.3, 0.4) is 0 Å². The molecule has 186 valence electrons. The molecule has 5 rings (SSSR count). The molecule has 3 heterocycles. The molecule has 2 saturated heterocycles. The number of thiocarbonyl (C=S) groups is 1. The number of nitrogens with one attached hydrogen (secondary N) is 1. The number of sulfone groups is 1. The van der Waals surface area contributed by atoms with Crippen LogP contribution in [0.25, 0.3) is 5.57 Å². The van der Waals surface area contributed by atoms with Crippen molar-refractivity contribution in [1.29, 1.82) is 0 Å². The third kappa shape index (κ3) is 4.35. The van der Waals surface area contributed by atoms with Crippen molar-refractivity contribution in [2.24, 2.45) is 0 Å². The van der Waals surface area contributed by atoms with E-state index in [9.17, 15) is 22.8 Å². The molecule has 0 radical (unpaired) electrons. The van der Waals surface area contributed by atoms with Crippen LogP contribution in [-0.4, -0.2) is 59.5 Å². The fraction of sp³-hybridized carbons (Fsp3) is 0.280. The van der Waals surface area contributed by atoms with Crippen molar-refractivity contribution >= 4 is 72.8 Å². The Labute approximate surface area is 218 Å². The van der Waals surface area contributed by atoms with Gasteiger partial charge in [-0.05, 0) is 49.6 Å². The van der Waals surface area contributed by atoms with Crippen molar-refractivity contribution in [1.82, 2.24) is 4.90 Å². The van der Waals surface area contributed by atoms with Crippen molar-refractivity contribution in [3.63, 3.8) is 0 Å². The second-order valence-corrected chi connectivity index (χ2v) is 12.9. The summed E-state index contributed by atoms with van der Waals surface area (Å²) in [4.78, 5) is 42.7. The number of aryl methyl sites for hydroxylation is 2. The molecule has 0 aromatic heterocycles. The summed E-state index contributed by atoms with van der Waals surface area (Å²) in [5.74, 6) is -1.44. The number of amides is 3. The minimum Gasteiger partial charge on any atom is -0.325 e. The molecule has 0 aliphatic carbocycles. The fourth-order valence-corrected chi connectivity index (χ4v) is 7.82. The molecule has 3 amide bonds. The Kier molecular flexibility index (Phi) is 6.26. The standard InChI is InChI=1S/C25H23N3O5S3/c1-14-7-8-16(11-15(14)2)26-20(29)12-27-19-6-4-3-5-18(19)21(23(27)30)22-24(31)28(25(34)35-22)17-9-10-36(32,33)13-17/h3-8,11,17H,9-10,12-13H2,1-2H3,(H,26,29)/b22-21+/t17-/m1/s1. The van der Waals surface area contributed by atoms with Gasteiger partial charge in [0.05, 0.1) is 33.7 Å². The largest absolute Gasteiger partial charge is 0.325 e. The van der Waals surface area contributed by atoms with Crippen LogP contribution >= 0.6 is 24.0 Å². The normalized spacial score (nSPS) is 22.9. The first-order chi connectivity index (χ1) is 17.1. The van der Waals surface area contributed by atoms with E-state index in [2.05, 4.69) is 5.32 Å². The van der Waals surface area contributed by atoms with Crippen LogP contribution in [0.5, 0.6) is 0 Å². The first-order valence-electron chi connectivity index (χ1n) is 11.3. The van der Waals surface area contributed by atoms with E-state index in [-0.39, 0.29) is 38.8 Å². The lowest BCUT2D eigenvalue weighted by atomic mass is 10.1. The Morgan fingerprint density at radius 3 is 2.56 bits per heavy atom. The van der Waals surface area contributed by atoms with E-state index in [1.54, 1.807) is 30.3 Å². The third-order valence-corrected chi connectivity index (χ3v) is 9.77. The van der Waals surface area contributed by atoms with Crippen LogP contribution in [0.15, 0.2) is 47.4 Å². The summed E-state index contributed by atoms with van der Waals surface area (Å²) in [6.45, 7) is 3.71. The Hall–Kier alpha value is -3.02. The van der Waals surface area contributed by atoms with E-state index in [0.717, 1.165) is 22.9 Å². The molecule has 3 aliphatic heterocycles. The molecule has 0 unspecified atom stereocenters. The number of thioether (sulfide) groups is 1. The van der Waals surface area contributed by atoms with Crippen molar-refractivity contribution in [2.75, 3.05) is 28.3 Å². The Bertz CT molecular complexity index is 1480. The Morgan fingerprint density at radius 2 is 1.86 bits per heavy atom. The molecule has 0 spiro atoms. The highest BCUT2D eigenvalue weighted by Crippen LogP contribution is 2.45. The second kappa shape index (κ2) is 9.13. The van der Waals surface area contributed by atoms with Gasteiger partial charge in [0.15, 0.2) is 9.84 Å². The van der Waals surface area contributed by atoms with Crippen molar-refractivity contribution < 1.29 is 22.8 Å². The molecule has 2 aromatic rings. The highest BCUT2D eigenvalue weighted by Gasteiger charge is 2.46. The lowest BCUT2D eigenvalue weighted by molar-refractivity contribution is -0.123. The average Bonchev–Trinajstić information content (AvgIpc) is 3.41. The van der Waals surface area contributed by atoms with Gasteiger partial charge in [-0.2, -0.15) is 0 Å². The van der Waals surface area contributed by atoms with Crippen LogP contribution in [0.2, 0.25) is 0 Å². The van der Waals surface area contributed by atoms with Crippen molar-refractivity contribution in [2.45, 2.75) is 26.3 Å². The molecule has 0 saturated carbocycles. The lowest BCUT2D eigenvalue weighted by Gasteiger charge is -2.21. The van der Waals surface area contributed by atoms with E-state index in [1.165, 1.54) is 9.80 Å². The molecule has 11 heteroatoms. The zero-order valence-electron chi connectivity index (χ0n) is 19.6. The summed E-state index contributed by atoms with van der Waals surface area (Å²) in [7, 11) is -3.23. The highest BCUT2D eigenvalue weighted by molar-refractivity contribution is 8.26. The van der Waals surface area contributed by atoms with E-state index >= 15 is 0 Å². The van der Waals surface area contributed by atoms with Crippen molar-refractivity contribution in [3.05, 3.63) is 64.1 Å². The number of nitrogens with zero attached hydrogens (tertiary/aromatic N) is 2. The fourth-order valence-electron chi connectivity index (χ4n) is 4.64. The predicted octanol–water partition coefficient (Wildman–Crippen LogP) is 3.05. The maximum atomic E-state index is 13.6. The first kappa shape index (κ1) is 24.7. The molecule has 2 fully saturated rings. The maximum Gasteiger partial charge on any atom is 0.267 e. The number of anilines is 2. The quantitative estimate of drug-likeness (QED) is 0.469. The van der Waals surface area contributed by atoms with Gasteiger partial charge in [-0.25, -0.2) is 8.42 Å². The van der Waals surface area contributed by atoms with Gasteiger partial charge >= 0.3 is 0 Å². The van der Waals surface area contributed by atoms with Crippen LogP contribution in [0.1, 0.15) is 23.1 Å². The van der Waals surface area contributed by atoms with Crippen LogP contribution < -0.4 is 10.2 Å². The zero-order chi connectivity index (χ0) is 25.8. The van der Waals surface area contributed by atoms with Gasteiger partial charge in [-0.15, -0.1) is 0 Å². The van der Waals surface area contributed by atoms with Gasteiger partial charge in [0.25, 0.3) is 11.8 Å². The SMILES string of the molecule is Cc1ccc(NC(=O)CN2C(=O)/C(=C3/SC(=S)N([C@@H]4CCS(=O)(=O)C4)C3=O)c3ccccc32)cc1C. The monoisotopic (exact) mass is 541 g/mol. The maximum absolute atomic E-state index is 13.6. The summed E-state index contributed by atoms with van der Waals surface area (Å²) in [6.07, 6.45) is 0.312. The molecule has 36 heavy (non-hydrogen) atoms. The number of hydrogen-bond acceptors (Lipinski definition) is 7. The molecular formula is C25H23N3O5S3. The minimum absolute atomic E-state index is 0.00575. The topological polar surface area (TPSA) is 104 Å². The number of para-hydroxylation sites is 1. The number of benzene rings is 2. The summed E-state index contributed by atoms with van der Waals surface area (Å²) < 4.78 is 24.2. The summed E-state index contributed by atoms with van der Waals surface area (Å²) in [5.41, 5.74) is 4.03. The van der Waals surface area contributed by atoms with Gasteiger partial charge in [0.2, 0.25) is 5.91 Å². The van der Waals surface area contributed by atoms with Gasteiger partial charge in [0.1, 0.15) is 10.9 Å². The molecule has 3 aliphatic rings. The van der Waals surface area contributed by atoms with E-state index in [0.29, 0.717) is 23.4 Å². The highest BCUT2D eigenvalue weighted by atomic mass is 32.2. The first-order valence-corrected chi connectivity index (χ1v) is 14.4. The smallest absolute Gasteiger partial charge is 0.267 e. The zero-order valence-corrected chi connectivity index (χ0v) is 22.1. The number of hydrogen-bond donors (Lipinski definition) is 1. The average molecular weight is 542 g/mol. The molecule has 1 N–H and O–H groups in total. The Balaban J connectivity index is 1.44. The van der Waals surface area contributed by atoms with Crippen LogP contribution in [0, 0.1) is 13.8 Å². The molecule has 0 bridgehead atoms. The summed E-state index contributed by atoms with van der Waals surface area (Å²) in [6, 6.07) is 12.0. The van der Waals surface area contributed by atoms with Crippen LogP contribution in [-0.2, 0) is 24.2 Å². The lowest BCUT2D eigenvalue weighted by Crippen LogP contribution is -2.39. The molecule has 1 atom stereocenters. The molecular weight excluding hydrogens is 518 g/mol. The third-order valence-electron chi connectivity index (χ3n) is 6.62. The number of fused-ring (bicyclic) bond motifs is 1. The molecule has 8 nitrogen and oxygen atoms in total. The van der Waals surface area contributed by atoms with Gasteiger partial charge in [-0.1, -0.05) is 48.2 Å². The van der Waals surface area contributed by atoms with E-state index < -0.39 is 27.7 Å². The number of carbonyl (C=O) groups is 3. The number of rotatable bonds is 4. The predicted molar refractivity (Wildman–Crippen MR) is 144 cm³/mol. The van der Waals surface area contributed by atoms with E-state index in [4.69, 9.17) is 12.2 Å². The van der Waals surface area contributed by atoms with E-state index in [1.807, 2.05) is 26.0 Å². The molecule has 2 aromatic carbocycles.